The van der Waals surface area contributed by atoms with Crippen LogP contribution in [0, 0.1) is 5.92 Å². The number of aromatic nitrogens is 4. The Morgan fingerprint density at radius 3 is 2.83 bits per heavy atom. The van der Waals surface area contributed by atoms with Gasteiger partial charge in [-0.05, 0) is 19.3 Å². The van der Waals surface area contributed by atoms with Crippen molar-refractivity contribution >= 4 is 22.8 Å². The van der Waals surface area contributed by atoms with Gasteiger partial charge in [0.1, 0.15) is 12.1 Å². The van der Waals surface area contributed by atoms with E-state index in [1.807, 2.05) is 7.05 Å². The summed E-state index contributed by atoms with van der Waals surface area (Å²) in [5.41, 5.74) is 0.823. The van der Waals surface area contributed by atoms with E-state index in [2.05, 4.69) is 56.8 Å². The molecule has 8 heteroatoms. The predicted molar refractivity (Wildman–Crippen MR) is 98.2 cm³/mol. The number of nitrogens with one attached hydrogen (secondary N) is 3. The second-order valence-corrected chi connectivity index (χ2v) is 6.02. The summed E-state index contributed by atoms with van der Waals surface area (Å²) in [6.45, 7) is 9.65. The van der Waals surface area contributed by atoms with E-state index >= 15 is 0 Å². The first-order chi connectivity index (χ1) is 11.6. The number of guanidine groups is 1. The Bertz CT molecular complexity index is 661. The van der Waals surface area contributed by atoms with Crippen LogP contribution in [0.15, 0.2) is 17.5 Å². The lowest BCUT2D eigenvalue weighted by Gasteiger charge is -2.12. The molecule has 0 aliphatic carbocycles. The first-order valence-corrected chi connectivity index (χ1v) is 8.50. The highest BCUT2D eigenvalue weighted by Gasteiger charge is 2.07. The van der Waals surface area contributed by atoms with Gasteiger partial charge in [0.05, 0.1) is 11.6 Å². The predicted octanol–water partition coefficient (Wildman–Crippen LogP) is 1.38. The molecule has 0 saturated carbocycles. The van der Waals surface area contributed by atoms with Gasteiger partial charge in [-0.3, -0.25) is 9.67 Å². The van der Waals surface area contributed by atoms with Crippen LogP contribution in [-0.2, 0) is 7.05 Å². The number of aliphatic imine (C=N–C) groups is 1. The summed E-state index contributed by atoms with van der Waals surface area (Å²) in [4.78, 5) is 13.1. The fraction of sp³-hybridized carbons (Fsp3) is 0.625. The summed E-state index contributed by atoms with van der Waals surface area (Å²) in [5.74, 6) is 2.32. The molecule has 0 radical (unpaired) electrons. The highest BCUT2D eigenvalue weighted by Crippen LogP contribution is 2.16. The van der Waals surface area contributed by atoms with Gasteiger partial charge in [-0.25, -0.2) is 9.97 Å². The fourth-order valence-corrected chi connectivity index (χ4v) is 2.24. The standard InChI is InChI=1S/C16H28N8/c1-5-17-16(19-7-6-12(2)3)20-9-8-18-14-13-10-23-24(4)15(13)22-11-21-14/h10-12H,5-9H2,1-4H3,(H2,17,19,20)(H,18,21,22). The van der Waals surface area contributed by atoms with Crippen molar-refractivity contribution in [2.24, 2.45) is 18.0 Å². The van der Waals surface area contributed by atoms with Gasteiger partial charge in [-0.1, -0.05) is 13.8 Å². The number of anilines is 1. The van der Waals surface area contributed by atoms with E-state index in [0.717, 1.165) is 55.4 Å². The Morgan fingerprint density at radius 2 is 2.08 bits per heavy atom. The second kappa shape index (κ2) is 9.05. The molecule has 2 aromatic rings. The average molecular weight is 332 g/mol. The molecule has 0 amide bonds. The van der Waals surface area contributed by atoms with Crippen molar-refractivity contribution in [2.75, 3.05) is 31.5 Å². The van der Waals surface area contributed by atoms with Gasteiger partial charge in [-0.2, -0.15) is 5.10 Å². The minimum atomic E-state index is 0.665. The fourth-order valence-electron chi connectivity index (χ4n) is 2.24. The Balaban J connectivity index is 1.83. The molecular formula is C16H28N8. The lowest BCUT2D eigenvalue weighted by molar-refractivity contribution is 0.594. The van der Waals surface area contributed by atoms with Crippen molar-refractivity contribution in [3.8, 4) is 0 Å². The molecule has 0 unspecified atom stereocenters. The molecule has 3 N–H and O–H groups in total. The molecule has 2 heterocycles. The lowest BCUT2D eigenvalue weighted by atomic mass is 10.1. The average Bonchev–Trinajstić information content (AvgIpc) is 2.93. The molecule has 2 aromatic heterocycles. The number of hydrogen-bond acceptors (Lipinski definition) is 5. The molecule has 132 valence electrons. The third-order valence-electron chi connectivity index (χ3n) is 3.56. The molecule has 0 aromatic carbocycles. The first-order valence-electron chi connectivity index (χ1n) is 8.50. The monoisotopic (exact) mass is 332 g/mol. The first kappa shape index (κ1) is 18.0. The highest BCUT2D eigenvalue weighted by atomic mass is 15.3. The molecule has 0 spiro atoms. The van der Waals surface area contributed by atoms with Crippen LogP contribution in [0.25, 0.3) is 11.0 Å². The van der Waals surface area contributed by atoms with Gasteiger partial charge in [0.2, 0.25) is 0 Å². The third-order valence-corrected chi connectivity index (χ3v) is 3.56. The molecular weight excluding hydrogens is 304 g/mol. The highest BCUT2D eigenvalue weighted by molar-refractivity contribution is 5.86. The zero-order valence-electron chi connectivity index (χ0n) is 15.0. The lowest BCUT2D eigenvalue weighted by Crippen LogP contribution is -2.39. The Morgan fingerprint density at radius 1 is 1.25 bits per heavy atom. The Hall–Kier alpha value is -2.38. The van der Waals surface area contributed by atoms with Gasteiger partial charge in [0.25, 0.3) is 0 Å². The van der Waals surface area contributed by atoms with E-state index in [4.69, 9.17) is 0 Å². The number of rotatable bonds is 8. The quantitative estimate of drug-likeness (QED) is 0.384. The number of aryl methyl sites for hydroxylation is 1. The molecule has 0 aliphatic heterocycles. The summed E-state index contributed by atoms with van der Waals surface area (Å²) in [6, 6.07) is 0. The van der Waals surface area contributed by atoms with Crippen LogP contribution in [0.2, 0.25) is 0 Å². The molecule has 2 rings (SSSR count). The van der Waals surface area contributed by atoms with E-state index in [-0.39, 0.29) is 0 Å². The van der Waals surface area contributed by atoms with Crippen molar-refractivity contribution < 1.29 is 0 Å². The van der Waals surface area contributed by atoms with Gasteiger partial charge >= 0.3 is 0 Å². The van der Waals surface area contributed by atoms with Crippen LogP contribution in [0.1, 0.15) is 27.2 Å². The topological polar surface area (TPSA) is 92.1 Å². The summed E-state index contributed by atoms with van der Waals surface area (Å²) in [7, 11) is 1.87. The van der Waals surface area contributed by atoms with Crippen LogP contribution >= 0.6 is 0 Å². The summed E-state index contributed by atoms with van der Waals surface area (Å²) >= 11 is 0. The van der Waals surface area contributed by atoms with E-state index < -0.39 is 0 Å². The molecule has 24 heavy (non-hydrogen) atoms. The van der Waals surface area contributed by atoms with E-state index in [9.17, 15) is 0 Å². The summed E-state index contributed by atoms with van der Waals surface area (Å²) in [6.07, 6.45) is 4.43. The summed E-state index contributed by atoms with van der Waals surface area (Å²) < 4.78 is 1.74. The molecule has 0 atom stereocenters. The summed E-state index contributed by atoms with van der Waals surface area (Å²) in [5, 5.41) is 15.1. The van der Waals surface area contributed by atoms with Crippen LogP contribution in [0.5, 0.6) is 0 Å². The Kier molecular flexibility index (Phi) is 6.77. The number of hydrogen-bond donors (Lipinski definition) is 3. The van der Waals surface area contributed by atoms with Crippen molar-refractivity contribution in [2.45, 2.75) is 27.2 Å². The minimum absolute atomic E-state index is 0.665. The maximum Gasteiger partial charge on any atom is 0.191 e. The van der Waals surface area contributed by atoms with Crippen LogP contribution in [-0.4, -0.2) is 51.9 Å². The zero-order valence-corrected chi connectivity index (χ0v) is 15.0. The van der Waals surface area contributed by atoms with Crippen molar-refractivity contribution in [1.29, 1.82) is 0 Å². The van der Waals surface area contributed by atoms with Crippen molar-refractivity contribution in [3.63, 3.8) is 0 Å². The van der Waals surface area contributed by atoms with Crippen LogP contribution < -0.4 is 16.0 Å². The second-order valence-electron chi connectivity index (χ2n) is 6.02. The van der Waals surface area contributed by atoms with Crippen LogP contribution in [0.4, 0.5) is 5.82 Å². The van der Waals surface area contributed by atoms with Gasteiger partial charge < -0.3 is 16.0 Å². The van der Waals surface area contributed by atoms with Crippen molar-refractivity contribution in [3.05, 3.63) is 12.5 Å². The molecule has 0 saturated heterocycles. The smallest absolute Gasteiger partial charge is 0.191 e. The third kappa shape index (κ3) is 5.07. The van der Waals surface area contributed by atoms with E-state index in [1.165, 1.54) is 0 Å². The molecule has 0 fully saturated rings. The van der Waals surface area contributed by atoms with Crippen LogP contribution in [0.3, 0.4) is 0 Å². The maximum absolute atomic E-state index is 4.58. The molecule has 0 bridgehead atoms. The van der Waals surface area contributed by atoms with Crippen molar-refractivity contribution in [1.82, 2.24) is 30.4 Å². The van der Waals surface area contributed by atoms with Gasteiger partial charge in [0, 0.05) is 33.2 Å². The van der Waals surface area contributed by atoms with Gasteiger partial charge in [-0.15, -0.1) is 0 Å². The molecule has 0 aliphatic rings. The normalized spacial score (nSPS) is 12.0. The van der Waals surface area contributed by atoms with E-state index in [1.54, 1.807) is 17.2 Å². The van der Waals surface area contributed by atoms with E-state index in [0.29, 0.717) is 5.92 Å². The largest absolute Gasteiger partial charge is 0.368 e. The number of fused-ring (bicyclic) bond motifs is 1. The zero-order chi connectivity index (χ0) is 17.4. The SMILES string of the molecule is CCNC(=NCCC(C)C)NCCNc1ncnc2c1cnn2C. The minimum Gasteiger partial charge on any atom is -0.368 e. The Labute approximate surface area is 143 Å². The number of nitrogens with zero attached hydrogens (tertiary/aromatic N) is 5. The maximum atomic E-state index is 4.58. The molecule has 8 nitrogen and oxygen atoms in total. The van der Waals surface area contributed by atoms with Gasteiger partial charge in [0.15, 0.2) is 11.6 Å².